The summed E-state index contributed by atoms with van der Waals surface area (Å²) in [5.74, 6) is 3.55. The van der Waals surface area contributed by atoms with Gasteiger partial charge >= 0.3 is 5.97 Å². The average molecular weight is 619 g/mol. The maximum atomic E-state index is 13.2. The molecule has 0 spiro atoms. The van der Waals surface area contributed by atoms with E-state index >= 15 is 0 Å². The molecule has 4 aromatic rings. The highest BCUT2D eigenvalue weighted by molar-refractivity contribution is 5.94. The highest BCUT2D eigenvalue weighted by atomic mass is 16.7. The Morgan fingerprint density at radius 2 is 1.87 bits per heavy atom. The van der Waals surface area contributed by atoms with Gasteiger partial charge in [0, 0.05) is 42.3 Å². The molecule has 0 unspecified atom stereocenters. The Balaban J connectivity index is 1.39. The Kier molecular flexibility index (Phi) is 10.6. The van der Waals surface area contributed by atoms with Crippen LogP contribution in [0.2, 0.25) is 0 Å². The zero-order chi connectivity index (χ0) is 31.6. The first-order chi connectivity index (χ1) is 22.0. The molecular formula is C32H38N6O7. The summed E-state index contributed by atoms with van der Waals surface area (Å²) in [5, 5.41) is 11.5. The van der Waals surface area contributed by atoms with Crippen molar-refractivity contribution in [2.45, 2.75) is 59.6 Å². The third kappa shape index (κ3) is 7.60. The number of tetrazole rings is 1. The van der Waals surface area contributed by atoms with E-state index in [1.54, 1.807) is 31.0 Å². The van der Waals surface area contributed by atoms with Crippen LogP contribution in [0.3, 0.4) is 0 Å². The van der Waals surface area contributed by atoms with Crippen LogP contribution in [-0.4, -0.2) is 63.0 Å². The molecule has 0 atom stereocenters. The van der Waals surface area contributed by atoms with Gasteiger partial charge in [0.1, 0.15) is 23.9 Å². The second-order valence-electron chi connectivity index (χ2n) is 10.1. The van der Waals surface area contributed by atoms with Crippen molar-refractivity contribution in [3.63, 3.8) is 0 Å². The smallest absolute Gasteiger partial charge is 0.334 e. The van der Waals surface area contributed by atoms with Gasteiger partial charge in [0.25, 0.3) is 0 Å². The molecule has 0 radical (unpaired) electrons. The number of benzene rings is 2. The lowest BCUT2D eigenvalue weighted by molar-refractivity contribution is -0.138. The summed E-state index contributed by atoms with van der Waals surface area (Å²) in [4.78, 5) is 18.0. The predicted molar refractivity (Wildman–Crippen MR) is 163 cm³/mol. The normalized spacial score (nSPS) is 12.4. The number of methoxy groups -OCH3 is 1. The number of hydrogen-bond donors (Lipinski definition) is 0. The lowest BCUT2D eigenvalue weighted by Crippen LogP contribution is -2.11. The zero-order valence-corrected chi connectivity index (χ0v) is 26.0. The Labute approximate surface area is 261 Å². The van der Waals surface area contributed by atoms with E-state index in [1.165, 1.54) is 0 Å². The van der Waals surface area contributed by atoms with E-state index in [4.69, 9.17) is 33.4 Å². The van der Waals surface area contributed by atoms with Gasteiger partial charge in [-0.1, -0.05) is 13.3 Å². The van der Waals surface area contributed by atoms with Gasteiger partial charge in [-0.3, -0.25) is 4.57 Å². The number of aromatic nitrogens is 6. The van der Waals surface area contributed by atoms with Crippen molar-refractivity contribution in [3.05, 3.63) is 71.1 Å². The van der Waals surface area contributed by atoms with Crippen LogP contribution in [0, 0.1) is 0 Å². The SMILES string of the molecule is CCCCc1ncc(/C=C(\Cc2cc3c(cc2OC)OCO3)C(=O)OCC)n1-c1ccc(OCOCc2nnnn2CC)cc1. The van der Waals surface area contributed by atoms with Crippen molar-refractivity contribution in [3.8, 4) is 28.7 Å². The summed E-state index contributed by atoms with van der Waals surface area (Å²) in [6.45, 7) is 7.22. The van der Waals surface area contributed by atoms with Crippen molar-refractivity contribution < 1.29 is 33.2 Å². The number of ether oxygens (including phenoxy) is 6. The first kappa shape index (κ1) is 31.5. The molecule has 0 bridgehead atoms. The van der Waals surface area contributed by atoms with E-state index in [2.05, 4.69) is 27.0 Å². The van der Waals surface area contributed by atoms with Gasteiger partial charge in [0.2, 0.25) is 6.79 Å². The number of hydrogen-bond acceptors (Lipinski definition) is 11. The van der Waals surface area contributed by atoms with Gasteiger partial charge < -0.3 is 28.4 Å². The minimum absolute atomic E-state index is 0.0446. The Bertz CT molecular complexity index is 1610. The lowest BCUT2D eigenvalue weighted by Gasteiger charge is -2.14. The van der Waals surface area contributed by atoms with E-state index in [9.17, 15) is 4.79 Å². The number of rotatable bonds is 16. The van der Waals surface area contributed by atoms with Gasteiger partial charge in [-0.05, 0) is 67.1 Å². The number of imidazole rings is 1. The molecule has 13 heteroatoms. The number of aryl methyl sites for hydroxylation is 2. The first-order valence-electron chi connectivity index (χ1n) is 15.0. The van der Waals surface area contributed by atoms with Crippen molar-refractivity contribution in [1.82, 2.24) is 29.8 Å². The van der Waals surface area contributed by atoms with Gasteiger partial charge in [0.15, 0.2) is 24.1 Å². The molecule has 45 heavy (non-hydrogen) atoms. The van der Waals surface area contributed by atoms with Crippen molar-refractivity contribution in [1.29, 1.82) is 0 Å². The highest BCUT2D eigenvalue weighted by Crippen LogP contribution is 2.39. The standard InChI is InChI=1S/C32H38N6O7/c1-5-8-9-30-33-18-25(15-23(32(39)42-7-3)14-22-16-28-29(45-21-44-28)17-27(22)40-4)38(30)24-10-12-26(13-11-24)43-20-41-19-31-34-35-36-37(31)6-2/h10-13,15-18H,5-9,14,19-21H2,1-4H3/b23-15+. The number of carbonyl (C=O) groups excluding carboxylic acids is 1. The number of unbranched alkanes of at least 4 members (excludes halogenated alkanes) is 1. The molecule has 0 aliphatic carbocycles. The van der Waals surface area contributed by atoms with Crippen LogP contribution in [0.25, 0.3) is 11.8 Å². The monoisotopic (exact) mass is 618 g/mol. The highest BCUT2D eigenvalue weighted by Gasteiger charge is 2.22. The Morgan fingerprint density at radius 3 is 2.60 bits per heavy atom. The van der Waals surface area contributed by atoms with E-state index in [-0.39, 0.29) is 33.2 Å². The molecule has 1 aliphatic heterocycles. The molecule has 2 aromatic carbocycles. The van der Waals surface area contributed by atoms with E-state index < -0.39 is 5.97 Å². The fourth-order valence-electron chi connectivity index (χ4n) is 4.91. The van der Waals surface area contributed by atoms with Crippen LogP contribution in [0.1, 0.15) is 56.5 Å². The summed E-state index contributed by atoms with van der Waals surface area (Å²) in [6.07, 6.45) is 6.63. The molecule has 13 nitrogen and oxygen atoms in total. The maximum Gasteiger partial charge on any atom is 0.334 e. The molecule has 0 fully saturated rings. The third-order valence-corrected chi connectivity index (χ3v) is 7.17. The second kappa shape index (κ2) is 15.2. The number of esters is 1. The van der Waals surface area contributed by atoms with E-state index in [1.807, 2.05) is 43.3 Å². The number of nitrogens with zero attached hydrogens (tertiary/aromatic N) is 6. The first-order valence-corrected chi connectivity index (χ1v) is 15.0. The van der Waals surface area contributed by atoms with Crippen LogP contribution >= 0.6 is 0 Å². The average Bonchev–Trinajstić information content (AvgIpc) is 3.81. The molecule has 0 saturated carbocycles. The number of fused-ring (bicyclic) bond motifs is 1. The summed E-state index contributed by atoms with van der Waals surface area (Å²) in [6, 6.07) is 11.3. The van der Waals surface area contributed by atoms with Crippen LogP contribution in [-0.2, 0) is 40.3 Å². The molecule has 0 saturated heterocycles. The van der Waals surface area contributed by atoms with Crippen LogP contribution in [0.15, 0.2) is 48.2 Å². The predicted octanol–water partition coefficient (Wildman–Crippen LogP) is 4.70. The molecule has 0 amide bonds. The largest absolute Gasteiger partial charge is 0.496 e. The van der Waals surface area contributed by atoms with E-state index in [0.29, 0.717) is 40.9 Å². The quantitative estimate of drug-likeness (QED) is 0.0749. The lowest BCUT2D eigenvalue weighted by atomic mass is 10.0. The zero-order valence-electron chi connectivity index (χ0n) is 26.0. The number of carbonyl (C=O) groups is 1. The van der Waals surface area contributed by atoms with E-state index in [0.717, 1.165) is 42.0 Å². The Morgan fingerprint density at radius 1 is 1.07 bits per heavy atom. The fraction of sp³-hybridized carbons (Fsp3) is 0.406. The van der Waals surface area contributed by atoms with Gasteiger partial charge in [0.05, 0.1) is 25.6 Å². The van der Waals surface area contributed by atoms with Crippen molar-refractivity contribution in [2.75, 3.05) is 27.3 Å². The molecule has 2 aromatic heterocycles. The molecule has 238 valence electrons. The molecule has 3 heterocycles. The summed E-state index contributed by atoms with van der Waals surface area (Å²) in [5.41, 5.74) is 2.84. The van der Waals surface area contributed by atoms with Crippen LogP contribution in [0.5, 0.6) is 23.0 Å². The van der Waals surface area contributed by atoms with Crippen LogP contribution < -0.4 is 18.9 Å². The molecule has 1 aliphatic rings. The third-order valence-electron chi connectivity index (χ3n) is 7.17. The maximum absolute atomic E-state index is 13.2. The second-order valence-corrected chi connectivity index (χ2v) is 10.1. The Hall–Kier alpha value is -4.91. The minimum atomic E-state index is -0.420. The molecule has 0 N–H and O–H groups in total. The topological polar surface area (TPSA) is 134 Å². The fourth-order valence-corrected chi connectivity index (χ4v) is 4.91. The summed E-state index contributed by atoms with van der Waals surface area (Å²) >= 11 is 0. The van der Waals surface area contributed by atoms with Gasteiger partial charge in [-0.2, -0.15) is 0 Å². The van der Waals surface area contributed by atoms with Crippen molar-refractivity contribution >= 4 is 12.0 Å². The minimum Gasteiger partial charge on any atom is -0.496 e. The van der Waals surface area contributed by atoms with Crippen molar-refractivity contribution in [2.24, 2.45) is 0 Å². The summed E-state index contributed by atoms with van der Waals surface area (Å²) in [7, 11) is 1.58. The van der Waals surface area contributed by atoms with Gasteiger partial charge in [-0.15, -0.1) is 5.10 Å². The van der Waals surface area contributed by atoms with Crippen LogP contribution in [0.4, 0.5) is 0 Å². The summed E-state index contributed by atoms with van der Waals surface area (Å²) < 4.78 is 37.3. The molecule has 5 rings (SSSR count). The molecular weight excluding hydrogens is 580 g/mol. The van der Waals surface area contributed by atoms with Gasteiger partial charge in [-0.25, -0.2) is 14.5 Å².